The molecule has 0 saturated heterocycles. The Morgan fingerprint density at radius 1 is 0.583 bits per heavy atom. The van der Waals surface area contributed by atoms with Gasteiger partial charge in [-0.1, -0.05) is 72.8 Å². The average Bonchev–Trinajstić information content (AvgIpc) is 3.07. The van der Waals surface area contributed by atoms with Gasteiger partial charge in [-0.25, -0.2) is 0 Å². The summed E-state index contributed by atoms with van der Waals surface area (Å²) in [5, 5.41) is 29.0. The van der Waals surface area contributed by atoms with Crippen LogP contribution in [-0.4, -0.2) is 79.4 Å². The molecule has 250 valence electrons. The van der Waals surface area contributed by atoms with E-state index in [1.807, 2.05) is 72.8 Å². The quantitative estimate of drug-likeness (QED) is 0.183. The summed E-state index contributed by atoms with van der Waals surface area (Å²) in [6, 6.07) is 23.0. The summed E-state index contributed by atoms with van der Waals surface area (Å²) in [7, 11) is 0. The number of carbonyl (C=O) groups is 2. The molecule has 0 spiro atoms. The lowest BCUT2D eigenvalue weighted by molar-refractivity contribution is -0.123. The molecule has 0 unspecified atom stereocenters. The van der Waals surface area contributed by atoms with Crippen molar-refractivity contribution in [1.29, 1.82) is 0 Å². The molecule has 2 aliphatic heterocycles. The van der Waals surface area contributed by atoms with Crippen LogP contribution in [0.1, 0.15) is 44.5 Å². The fourth-order valence-corrected chi connectivity index (χ4v) is 6.49. The number of ether oxygens (including phenoxy) is 2. The average molecular weight is 651 g/mol. The van der Waals surface area contributed by atoms with E-state index in [0.717, 1.165) is 22.3 Å². The van der Waals surface area contributed by atoms with Gasteiger partial charge in [0, 0.05) is 65.0 Å². The van der Waals surface area contributed by atoms with Crippen LogP contribution in [0.15, 0.2) is 72.8 Å². The second-order valence-corrected chi connectivity index (χ2v) is 12.3. The van der Waals surface area contributed by atoms with Gasteiger partial charge >= 0.3 is 0 Å². The maximum Gasteiger partial charge on any atom is 0.257 e. The topological polar surface area (TPSA) is 146 Å². The number of fused-ring (bicyclic) bond motifs is 12. The van der Waals surface area contributed by atoms with E-state index < -0.39 is 0 Å². The molecule has 0 atom stereocenters. The number of aromatic hydroxyl groups is 2. The highest BCUT2D eigenvalue weighted by molar-refractivity contribution is 5.78. The predicted molar refractivity (Wildman–Crippen MR) is 183 cm³/mol. The van der Waals surface area contributed by atoms with E-state index >= 15 is 0 Å². The van der Waals surface area contributed by atoms with Crippen molar-refractivity contribution in [3.63, 3.8) is 0 Å². The molecule has 4 aromatic rings. The number of nitrogens with zero attached hydrogens (tertiary/aromatic N) is 1. The lowest BCUT2D eigenvalue weighted by Gasteiger charge is -2.23. The van der Waals surface area contributed by atoms with E-state index in [1.165, 1.54) is 0 Å². The third-order valence-electron chi connectivity index (χ3n) is 8.93. The monoisotopic (exact) mass is 650 g/mol. The minimum absolute atomic E-state index is 0.167. The van der Waals surface area contributed by atoms with Crippen LogP contribution in [0.2, 0.25) is 0 Å². The third-order valence-corrected chi connectivity index (χ3v) is 8.93. The van der Waals surface area contributed by atoms with E-state index in [1.54, 1.807) is 0 Å². The Bertz CT molecular complexity index is 1580. The van der Waals surface area contributed by atoms with Crippen molar-refractivity contribution >= 4 is 11.8 Å². The molecule has 3 aliphatic rings. The number of hydrogen-bond acceptors (Lipinski definition) is 8. The van der Waals surface area contributed by atoms with Crippen LogP contribution in [0.3, 0.4) is 0 Å². The van der Waals surface area contributed by atoms with Crippen molar-refractivity contribution in [2.75, 3.05) is 52.5 Å². The summed E-state index contributed by atoms with van der Waals surface area (Å²) in [6.07, 6.45) is 1.42. The molecule has 0 aromatic heterocycles. The van der Waals surface area contributed by atoms with Crippen LogP contribution >= 0.6 is 0 Å². The number of nitrogens with one attached hydrogen (secondary N) is 2. The number of hydrogen-bond donors (Lipinski definition) is 5. The van der Waals surface area contributed by atoms with Crippen LogP contribution in [0, 0.1) is 0 Å². The van der Waals surface area contributed by atoms with Crippen molar-refractivity contribution in [3.8, 4) is 23.0 Å². The highest BCUT2D eigenvalue weighted by atomic mass is 16.5. The first kappa shape index (κ1) is 32.9. The van der Waals surface area contributed by atoms with E-state index in [0.29, 0.717) is 98.7 Å². The molecule has 7 rings (SSSR count). The lowest BCUT2D eigenvalue weighted by atomic mass is 9.91. The zero-order chi connectivity index (χ0) is 33.5. The minimum atomic E-state index is -0.273. The zero-order valence-corrected chi connectivity index (χ0v) is 27.0. The maximum absolute atomic E-state index is 13.0. The fraction of sp³-hybridized carbons (Fsp3) is 0.316. The van der Waals surface area contributed by atoms with Gasteiger partial charge in [0.2, 0.25) is 0 Å². The molecule has 10 heteroatoms. The first-order valence-electron chi connectivity index (χ1n) is 16.4. The molecular weight excluding hydrogens is 608 g/mol. The van der Waals surface area contributed by atoms with Gasteiger partial charge in [0.05, 0.1) is 0 Å². The number of phenols is 2. The van der Waals surface area contributed by atoms with Crippen LogP contribution in [0.5, 0.6) is 23.0 Å². The molecule has 0 saturated carbocycles. The van der Waals surface area contributed by atoms with E-state index in [9.17, 15) is 19.8 Å². The Balaban J connectivity index is 1.48. The normalized spacial score (nSPS) is 16.2. The Morgan fingerprint density at radius 2 is 0.917 bits per heavy atom. The summed E-state index contributed by atoms with van der Waals surface area (Å²) < 4.78 is 12.6. The van der Waals surface area contributed by atoms with Gasteiger partial charge in [0.25, 0.3) is 11.8 Å². The molecule has 0 fully saturated rings. The van der Waals surface area contributed by atoms with Crippen molar-refractivity contribution in [2.24, 2.45) is 5.73 Å². The highest BCUT2D eigenvalue weighted by Gasteiger charge is 2.21. The Hall–Kier alpha value is -5.06. The fourth-order valence-electron chi connectivity index (χ4n) is 6.49. The van der Waals surface area contributed by atoms with Crippen molar-refractivity contribution in [3.05, 3.63) is 117 Å². The third kappa shape index (κ3) is 7.73. The van der Waals surface area contributed by atoms with Gasteiger partial charge in [0.15, 0.2) is 13.2 Å². The molecular formula is C38H42N4O6. The van der Waals surface area contributed by atoms with Crippen LogP contribution < -0.4 is 25.8 Å². The van der Waals surface area contributed by atoms with Gasteiger partial charge in [-0.3, -0.25) is 14.5 Å². The first-order valence-corrected chi connectivity index (χ1v) is 16.4. The summed E-state index contributed by atoms with van der Waals surface area (Å²) in [4.78, 5) is 28.1. The Morgan fingerprint density at radius 3 is 1.25 bits per heavy atom. The summed E-state index contributed by atoms with van der Waals surface area (Å²) in [6.45, 7) is 2.54. The first-order chi connectivity index (χ1) is 23.4. The van der Waals surface area contributed by atoms with Crippen LogP contribution in [0.4, 0.5) is 0 Å². The maximum atomic E-state index is 13.0. The molecule has 1 aliphatic carbocycles. The zero-order valence-electron chi connectivity index (χ0n) is 27.0. The molecule has 48 heavy (non-hydrogen) atoms. The molecule has 2 amide bonds. The molecule has 0 radical (unpaired) electrons. The van der Waals surface area contributed by atoms with Gasteiger partial charge in [-0.2, -0.15) is 0 Å². The Labute approximate surface area is 280 Å². The van der Waals surface area contributed by atoms with Gasteiger partial charge in [0.1, 0.15) is 23.0 Å². The molecule has 4 aromatic carbocycles. The molecule has 10 bridgehead atoms. The number of rotatable bonds is 2. The van der Waals surface area contributed by atoms with Crippen LogP contribution in [-0.2, 0) is 35.3 Å². The molecule has 2 heterocycles. The largest absolute Gasteiger partial charge is 0.507 e. The van der Waals surface area contributed by atoms with Crippen LogP contribution in [0.25, 0.3) is 0 Å². The predicted octanol–water partition coefficient (Wildman–Crippen LogP) is 3.04. The van der Waals surface area contributed by atoms with Gasteiger partial charge < -0.3 is 36.1 Å². The number of benzene rings is 4. The second-order valence-electron chi connectivity index (χ2n) is 12.3. The second kappa shape index (κ2) is 15.2. The summed E-state index contributed by atoms with van der Waals surface area (Å²) >= 11 is 0. The van der Waals surface area contributed by atoms with Crippen molar-refractivity contribution in [2.45, 2.75) is 25.7 Å². The summed E-state index contributed by atoms with van der Waals surface area (Å²) in [5.74, 6) is 0.894. The van der Waals surface area contributed by atoms with Gasteiger partial charge in [-0.05, 0) is 44.5 Å². The number of para-hydroxylation sites is 4. The Kier molecular flexibility index (Phi) is 10.4. The van der Waals surface area contributed by atoms with Crippen molar-refractivity contribution in [1.82, 2.24) is 15.5 Å². The summed E-state index contributed by atoms with van der Waals surface area (Å²) in [5.41, 5.74) is 11.9. The number of nitrogens with two attached hydrogens (primary N) is 1. The van der Waals surface area contributed by atoms with E-state index in [-0.39, 0.29) is 36.5 Å². The molecule has 10 nitrogen and oxygen atoms in total. The standard InChI is InChI=1S/C38H42N4O6/c39-13-16-42-17-14-40-33(43)23-47-37-29-9-3-11-31(37)21-27-7-2-8-28(36(27)46)22-32-12-4-10-30(38(32)48-24-34(44)41-15-18-42)20-26-6-1-5-25(19-29)35(26)45/h1-12,45-46H,13-24,39H2,(H,40,43)(H,41,44). The van der Waals surface area contributed by atoms with Gasteiger partial charge in [-0.15, -0.1) is 0 Å². The SMILES string of the molecule is NCCN1CCNC(=O)COc2c3cccc2Cc2cccc(c2O)Cc2cccc(c2OCC(=O)NCC1)Cc1cccc(c1O)C3. The molecule has 6 N–H and O–H groups in total. The number of amides is 2. The minimum Gasteiger partial charge on any atom is -0.507 e. The van der Waals surface area contributed by atoms with E-state index in [2.05, 4.69) is 15.5 Å². The highest BCUT2D eigenvalue weighted by Crippen LogP contribution is 2.38. The van der Waals surface area contributed by atoms with E-state index in [4.69, 9.17) is 15.2 Å². The number of phenolic OH excluding ortho intramolecular Hbond substituents is 2. The van der Waals surface area contributed by atoms with Crippen molar-refractivity contribution < 1.29 is 29.3 Å². The number of carbonyl (C=O) groups excluding carboxylic acids is 2. The smallest absolute Gasteiger partial charge is 0.257 e. The lowest BCUT2D eigenvalue weighted by Crippen LogP contribution is -2.43.